The highest BCUT2D eigenvalue weighted by atomic mass is 15.2. The van der Waals surface area contributed by atoms with Gasteiger partial charge in [0.05, 0.1) is 11.2 Å². The quantitative estimate of drug-likeness (QED) is 0.214. The van der Waals surface area contributed by atoms with Crippen LogP contribution in [-0.4, -0.2) is 4.57 Å². The smallest absolute Gasteiger partial charge is 0.0558 e. The zero-order valence-electron chi connectivity index (χ0n) is 24.1. The molecule has 2 nitrogen and oxygen atoms in total. The topological polar surface area (TPSA) is 8.17 Å². The number of nitrogens with zero attached hydrogens (tertiary/aromatic N) is 2. The molecule has 0 saturated carbocycles. The summed E-state index contributed by atoms with van der Waals surface area (Å²) in [7, 11) is 0. The number of hydrogen-bond donors (Lipinski definition) is 0. The molecule has 0 amide bonds. The van der Waals surface area contributed by atoms with E-state index in [4.69, 9.17) is 0 Å². The molecule has 0 saturated heterocycles. The van der Waals surface area contributed by atoms with Gasteiger partial charge in [0.15, 0.2) is 0 Å². The molecule has 0 radical (unpaired) electrons. The Morgan fingerprint density at radius 3 is 2.43 bits per heavy atom. The van der Waals surface area contributed by atoms with Crippen LogP contribution in [0.2, 0.25) is 0 Å². The van der Waals surface area contributed by atoms with E-state index in [9.17, 15) is 0 Å². The maximum absolute atomic E-state index is 2.45. The predicted octanol–water partition coefficient (Wildman–Crippen LogP) is 10.5. The molecule has 5 aromatic rings. The minimum Gasteiger partial charge on any atom is -0.310 e. The zero-order chi connectivity index (χ0) is 28.5. The Labute approximate surface area is 248 Å². The van der Waals surface area contributed by atoms with Gasteiger partial charge in [-0.1, -0.05) is 116 Å². The summed E-state index contributed by atoms with van der Waals surface area (Å²) in [6.07, 6.45) is 20.9. The molecule has 0 fully saturated rings. The lowest BCUT2D eigenvalue weighted by Crippen LogP contribution is -2.17. The van der Waals surface area contributed by atoms with Gasteiger partial charge in [0.1, 0.15) is 0 Å². The fourth-order valence-corrected chi connectivity index (χ4v) is 6.20. The van der Waals surface area contributed by atoms with Crippen molar-refractivity contribution >= 4 is 28.4 Å². The van der Waals surface area contributed by atoms with Gasteiger partial charge in [0.2, 0.25) is 0 Å². The Balaban J connectivity index is 1.47. The van der Waals surface area contributed by atoms with Crippen LogP contribution in [0.25, 0.3) is 33.8 Å². The first kappa shape index (κ1) is 25.9. The fourth-order valence-electron chi connectivity index (χ4n) is 6.20. The van der Waals surface area contributed by atoms with Crippen LogP contribution in [0, 0.1) is 12.8 Å². The second kappa shape index (κ2) is 11.1. The highest BCUT2D eigenvalue weighted by Crippen LogP contribution is 2.39. The Bertz CT molecular complexity index is 1930. The fraction of sp³-hybridized carbons (Fsp3) is 0.100. The molecular formula is C40H34N2. The average molecular weight is 543 g/mol. The standard InChI is InChI=1S/C40H34N2/c1-29-14-9-11-19-33(26-29)41(38-22-12-10-15-30(38)2)35-24-25-37-36-21-7-4-8-23-39(36)42(40(37)28-35)34-20-13-18-32(27-34)31-16-5-3-6-17-31/h3-20,22-29H,21H2,1-2H3. The second-order valence-electron chi connectivity index (χ2n) is 11.1. The summed E-state index contributed by atoms with van der Waals surface area (Å²) < 4.78 is 2.45. The average Bonchev–Trinajstić information content (AvgIpc) is 3.19. The van der Waals surface area contributed by atoms with Crippen molar-refractivity contribution in [2.24, 2.45) is 5.92 Å². The highest BCUT2D eigenvalue weighted by molar-refractivity contribution is 5.94. The first-order valence-electron chi connectivity index (χ1n) is 14.8. The number of para-hydroxylation sites is 1. The number of fused-ring (bicyclic) bond motifs is 3. The number of aryl methyl sites for hydroxylation is 1. The van der Waals surface area contributed by atoms with Gasteiger partial charge in [-0.2, -0.15) is 0 Å². The van der Waals surface area contributed by atoms with E-state index in [1.54, 1.807) is 0 Å². The van der Waals surface area contributed by atoms with Gasteiger partial charge in [-0.15, -0.1) is 0 Å². The van der Waals surface area contributed by atoms with Gasteiger partial charge >= 0.3 is 0 Å². The molecule has 0 N–H and O–H groups in total. The van der Waals surface area contributed by atoms with Crippen LogP contribution >= 0.6 is 0 Å². The van der Waals surface area contributed by atoms with Crippen LogP contribution in [-0.2, 0) is 6.42 Å². The van der Waals surface area contributed by atoms with Crippen LogP contribution in [0.4, 0.5) is 11.4 Å². The van der Waals surface area contributed by atoms with Gasteiger partial charge in [0, 0.05) is 28.1 Å². The summed E-state index contributed by atoms with van der Waals surface area (Å²) in [5, 5.41) is 1.29. The Kier molecular flexibility index (Phi) is 6.81. The van der Waals surface area contributed by atoms with Gasteiger partial charge in [-0.25, -0.2) is 0 Å². The normalized spacial score (nSPS) is 15.8. The molecule has 4 aromatic carbocycles. The molecule has 1 atom stereocenters. The molecule has 0 bridgehead atoms. The summed E-state index contributed by atoms with van der Waals surface area (Å²) in [4.78, 5) is 2.41. The minimum absolute atomic E-state index is 0.336. The van der Waals surface area contributed by atoms with Crippen molar-refractivity contribution in [1.82, 2.24) is 4.57 Å². The number of aromatic nitrogens is 1. The summed E-state index contributed by atoms with van der Waals surface area (Å²) in [6, 6.07) is 35.2. The largest absolute Gasteiger partial charge is 0.310 e. The van der Waals surface area contributed by atoms with E-state index in [2.05, 4.69) is 175 Å². The lowest BCUT2D eigenvalue weighted by atomic mass is 10.1. The molecule has 204 valence electrons. The van der Waals surface area contributed by atoms with Crippen molar-refractivity contribution in [2.45, 2.75) is 20.3 Å². The van der Waals surface area contributed by atoms with Crippen LogP contribution in [0.3, 0.4) is 0 Å². The molecule has 7 rings (SSSR count). The van der Waals surface area contributed by atoms with Crippen LogP contribution in [0.15, 0.2) is 151 Å². The van der Waals surface area contributed by atoms with Gasteiger partial charge in [-0.05, 0) is 84.0 Å². The number of benzene rings is 4. The van der Waals surface area contributed by atoms with Crippen molar-refractivity contribution in [2.75, 3.05) is 4.90 Å². The Morgan fingerprint density at radius 1 is 0.738 bits per heavy atom. The van der Waals surface area contributed by atoms with E-state index in [1.807, 2.05) is 0 Å². The zero-order valence-corrected chi connectivity index (χ0v) is 24.1. The number of rotatable bonds is 5. The molecule has 2 aliphatic carbocycles. The molecular weight excluding hydrogens is 508 g/mol. The van der Waals surface area contributed by atoms with Crippen molar-refractivity contribution in [3.63, 3.8) is 0 Å². The Morgan fingerprint density at radius 2 is 1.55 bits per heavy atom. The van der Waals surface area contributed by atoms with Crippen molar-refractivity contribution in [3.05, 3.63) is 168 Å². The summed E-state index contributed by atoms with van der Waals surface area (Å²) in [5.41, 5.74) is 12.2. The molecule has 0 spiro atoms. The SMILES string of the molecule is Cc1ccccc1N(C1=CC(C)C=CC=C1)c1ccc2c3c(n(-c4cccc(-c5ccccc5)c4)c2c1)C=CC=CC3. The third kappa shape index (κ3) is 4.76. The summed E-state index contributed by atoms with van der Waals surface area (Å²) in [6.45, 7) is 4.44. The molecule has 2 heteroatoms. The first-order valence-corrected chi connectivity index (χ1v) is 14.8. The van der Waals surface area contributed by atoms with E-state index in [-0.39, 0.29) is 0 Å². The number of hydrogen-bond acceptors (Lipinski definition) is 1. The van der Waals surface area contributed by atoms with Gasteiger partial charge in [-0.3, -0.25) is 0 Å². The van der Waals surface area contributed by atoms with Gasteiger partial charge < -0.3 is 9.47 Å². The third-order valence-corrected chi connectivity index (χ3v) is 8.23. The van der Waals surface area contributed by atoms with Crippen molar-refractivity contribution in [1.29, 1.82) is 0 Å². The van der Waals surface area contributed by atoms with Gasteiger partial charge in [0.25, 0.3) is 0 Å². The lowest BCUT2D eigenvalue weighted by molar-refractivity contribution is 0.926. The molecule has 2 aliphatic rings. The predicted molar refractivity (Wildman–Crippen MR) is 179 cm³/mol. The summed E-state index contributed by atoms with van der Waals surface area (Å²) >= 11 is 0. The molecule has 42 heavy (non-hydrogen) atoms. The van der Waals surface area contributed by atoms with E-state index < -0.39 is 0 Å². The molecule has 1 aromatic heterocycles. The maximum Gasteiger partial charge on any atom is 0.0558 e. The third-order valence-electron chi connectivity index (χ3n) is 8.23. The van der Waals surface area contributed by atoms with E-state index in [0.29, 0.717) is 5.92 Å². The number of allylic oxidation sites excluding steroid dienone is 8. The monoisotopic (exact) mass is 542 g/mol. The molecule has 1 heterocycles. The van der Waals surface area contributed by atoms with Crippen molar-refractivity contribution < 1.29 is 0 Å². The lowest BCUT2D eigenvalue weighted by Gasteiger charge is -2.28. The molecule has 1 unspecified atom stereocenters. The van der Waals surface area contributed by atoms with Crippen molar-refractivity contribution in [3.8, 4) is 16.8 Å². The summed E-state index contributed by atoms with van der Waals surface area (Å²) in [5.74, 6) is 0.336. The van der Waals surface area contributed by atoms with Crippen LogP contribution < -0.4 is 4.90 Å². The Hall–Kier alpha value is -5.08. The van der Waals surface area contributed by atoms with Crippen LogP contribution in [0.1, 0.15) is 23.7 Å². The highest BCUT2D eigenvalue weighted by Gasteiger charge is 2.21. The maximum atomic E-state index is 2.45. The minimum atomic E-state index is 0.336. The van der Waals surface area contributed by atoms with E-state index in [0.717, 1.165) is 12.1 Å². The molecule has 0 aliphatic heterocycles. The van der Waals surface area contributed by atoms with Crippen LogP contribution in [0.5, 0.6) is 0 Å². The first-order chi connectivity index (χ1) is 20.7. The number of anilines is 2. The van der Waals surface area contributed by atoms with E-state index >= 15 is 0 Å². The second-order valence-corrected chi connectivity index (χ2v) is 11.1. The van der Waals surface area contributed by atoms with E-state index in [1.165, 1.54) is 55.9 Å².